The van der Waals surface area contributed by atoms with Crippen molar-refractivity contribution in [2.45, 2.75) is 106 Å². The molecule has 0 saturated heterocycles. The second-order valence-electron chi connectivity index (χ2n) is 13.0. The van der Waals surface area contributed by atoms with Crippen LogP contribution in [0.15, 0.2) is 34.6 Å². The van der Waals surface area contributed by atoms with Gasteiger partial charge >= 0.3 is 0 Å². The number of aliphatic hydroxyl groups is 2. The van der Waals surface area contributed by atoms with E-state index in [2.05, 4.69) is 6.08 Å². The SMILES string of the molecule is CC(C)=CC[C@@H]1C[C@]2(CC=C(C)C)C(=O)[C@@](C(=O)C(C)C)(C(=O)C3=C2O[C@@H](C(C)(C)O)[C@H]3O)C1(C)C. The van der Waals surface area contributed by atoms with Crippen LogP contribution in [0, 0.1) is 28.1 Å². The Morgan fingerprint density at radius 2 is 1.67 bits per heavy atom. The first-order valence-corrected chi connectivity index (χ1v) is 13.1. The highest BCUT2D eigenvalue weighted by Crippen LogP contribution is 2.67. The molecule has 1 saturated carbocycles. The molecule has 0 aromatic heterocycles. The number of hydrogen-bond donors (Lipinski definition) is 2. The van der Waals surface area contributed by atoms with E-state index in [9.17, 15) is 24.6 Å². The lowest BCUT2D eigenvalue weighted by Crippen LogP contribution is -2.70. The Kier molecular flexibility index (Phi) is 7.17. The van der Waals surface area contributed by atoms with Crippen LogP contribution < -0.4 is 0 Å². The summed E-state index contributed by atoms with van der Waals surface area (Å²) in [5, 5.41) is 22.2. The fraction of sp³-hybridized carbons (Fsp3) is 0.700. The van der Waals surface area contributed by atoms with E-state index in [1.165, 1.54) is 13.8 Å². The van der Waals surface area contributed by atoms with Crippen molar-refractivity contribution in [2.24, 2.45) is 28.1 Å². The van der Waals surface area contributed by atoms with Gasteiger partial charge in [-0.05, 0) is 72.1 Å². The zero-order chi connectivity index (χ0) is 27.6. The first-order valence-electron chi connectivity index (χ1n) is 13.1. The second-order valence-corrected chi connectivity index (χ2v) is 13.0. The number of aliphatic hydroxyl groups excluding tert-OH is 1. The van der Waals surface area contributed by atoms with Crippen molar-refractivity contribution in [3.05, 3.63) is 34.6 Å². The Hall–Kier alpha value is -2.05. The van der Waals surface area contributed by atoms with E-state index in [1.54, 1.807) is 13.8 Å². The number of rotatable bonds is 7. The van der Waals surface area contributed by atoms with Crippen LogP contribution in [0.3, 0.4) is 0 Å². The van der Waals surface area contributed by atoms with Crippen LogP contribution in [0.5, 0.6) is 0 Å². The highest BCUT2D eigenvalue weighted by Gasteiger charge is 2.77. The number of ether oxygens (including phenoxy) is 1. The zero-order valence-corrected chi connectivity index (χ0v) is 23.6. The molecule has 200 valence electrons. The number of Topliss-reactive ketones (excluding diaryl/α,β-unsaturated/α-hetero) is 3. The zero-order valence-electron chi connectivity index (χ0n) is 23.6. The number of fused-ring (bicyclic) bond motifs is 3. The number of carbonyl (C=O) groups excluding carboxylic acids is 3. The molecule has 2 bridgehead atoms. The van der Waals surface area contributed by atoms with Crippen LogP contribution in [0.25, 0.3) is 0 Å². The molecule has 1 heterocycles. The Balaban J connectivity index is 2.44. The van der Waals surface area contributed by atoms with Crippen molar-refractivity contribution < 1.29 is 29.3 Å². The van der Waals surface area contributed by atoms with Gasteiger partial charge in [0.05, 0.1) is 16.6 Å². The summed E-state index contributed by atoms with van der Waals surface area (Å²) in [6.45, 7) is 18.1. The summed E-state index contributed by atoms with van der Waals surface area (Å²) in [6.07, 6.45) is 2.76. The molecule has 3 aliphatic rings. The molecular weight excluding hydrogens is 456 g/mol. The summed E-state index contributed by atoms with van der Waals surface area (Å²) in [5.74, 6) is -2.06. The van der Waals surface area contributed by atoms with Crippen LogP contribution in [0.1, 0.15) is 88.5 Å². The van der Waals surface area contributed by atoms with Crippen LogP contribution in [0.2, 0.25) is 0 Å². The van der Waals surface area contributed by atoms with E-state index in [-0.39, 0.29) is 23.7 Å². The number of allylic oxidation sites excluding steroid dienone is 5. The fourth-order valence-electron chi connectivity index (χ4n) is 6.58. The first-order chi connectivity index (χ1) is 16.4. The van der Waals surface area contributed by atoms with E-state index < -0.39 is 57.3 Å². The second kappa shape index (κ2) is 9.05. The standard InChI is InChI=1S/C30H44O6/c1-16(2)11-12-19-15-29(14-13-17(3)4)24-20(21(31)25(36-24)28(9,10)35)23(33)30(26(29)34,27(19,7)8)22(32)18(5)6/h11,13,18-19,21,25,31,35H,12,14-15H2,1-10H3/t19-,21+,25-,29+,30-/m1/s1. The highest BCUT2D eigenvalue weighted by atomic mass is 16.5. The molecule has 1 aliphatic heterocycles. The Morgan fingerprint density at radius 1 is 1.11 bits per heavy atom. The van der Waals surface area contributed by atoms with E-state index in [0.717, 1.165) is 11.1 Å². The topological polar surface area (TPSA) is 101 Å². The summed E-state index contributed by atoms with van der Waals surface area (Å²) < 4.78 is 6.21. The minimum Gasteiger partial charge on any atom is -0.487 e. The average molecular weight is 501 g/mol. The van der Waals surface area contributed by atoms with Crippen molar-refractivity contribution in [1.29, 1.82) is 0 Å². The normalized spacial score (nSPS) is 33.3. The van der Waals surface area contributed by atoms with Crippen LogP contribution >= 0.6 is 0 Å². The molecule has 6 heteroatoms. The predicted octanol–water partition coefficient (Wildman–Crippen LogP) is 4.88. The van der Waals surface area contributed by atoms with Gasteiger partial charge in [-0.3, -0.25) is 14.4 Å². The molecule has 6 nitrogen and oxygen atoms in total. The van der Waals surface area contributed by atoms with Gasteiger partial charge in [0.1, 0.15) is 11.9 Å². The third kappa shape index (κ3) is 3.87. The number of hydrogen-bond acceptors (Lipinski definition) is 6. The molecule has 2 aliphatic carbocycles. The van der Waals surface area contributed by atoms with Gasteiger partial charge in [-0.2, -0.15) is 0 Å². The van der Waals surface area contributed by atoms with Crippen molar-refractivity contribution in [3.8, 4) is 0 Å². The van der Waals surface area contributed by atoms with Gasteiger partial charge in [-0.25, -0.2) is 0 Å². The molecule has 36 heavy (non-hydrogen) atoms. The lowest BCUT2D eigenvalue weighted by atomic mass is 9.39. The molecule has 0 unspecified atom stereocenters. The van der Waals surface area contributed by atoms with Crippen LogP contribution in [-0.4, -0.2) is 45.4 Å². The molecule has 1 fully saturated rings. The molecule has 3 rings (SSSR count). The summed E-state index contributed by atoms with van der Waals surface area (Å²) in [5.41, 5.74) is -3.57. The fourth-order valence-corrected chi connectivity index (χ4v) is 6.58. The van der Waals surface area contributed by atoms with Gasteiger partial charge in [0.25, 0.3) is 0 Å². The molecular formula is C30H44O6. The van der Waals surface area contributed by atoms with E-state index in [0.29, 0.717) is 12.8 Å². The lowest BCUT2D eigenvalue weighted by Gasteiger charge is -2.59. The summed E-state index contributed by atoms with van der Waals surface area (Å²) >= 11 is 0. The third-order valence-corrected chi connectivity index (χ3v) is 8.71. The summed E-state index contributed by atoms with van der Waals surface area (Å²) in [7, 11) is 0. The first kappa shape index (κ1) is 28.5. The Morgan fingerprint density at radius 3 is 2.14 bits per heavy atom. The molecule has 0 aromatic carbocycles. The molecule has 0 aromatic rings. The quantitative estimate of drug-likeness (QED) is 0.382. The van der Waals surface area contributed by atoms with Gasteiger partial charge in [-0.15, -0.1) is 0 Å². The average Bonchev–Trinajstić information content (AvgIpc) is 3.09. The highest BCUT2D eigenvalue weighted by molar-refractivity contribution is 6.34. The molecule has 0 spiro atoms. The van der Waals surface area contributed by atoms with E-state index in [4.69, 9.17) is 4.74 Å². The number of carbonyl (C=O) groups is 3. The Bertz CT molecular complexity index is 1060. The van der Waals surface area contributed by atoms with E-state index in [1.807, 2.05) is 47.6 Å². The summed E-state index contributed by atoms with van der Waals surface area (Å²) in [4.78, 5) is 43.4. The van der Waals surface area contributed by atoms with Crippen LogP contribution in [-0.2, 0) is 19.1 Å². The van der Waals surface area contributed by atoms with Gasteiger partial charge < -0.3 is 14.9 Å². The van der Waals surface area contributed by atoms with Gasteiger partial charge in [0.15, 0.2) is 28.9 Å². The lowest BCUT2D eigenvalue weighted by molar-refractivity contribution is -0.178. The van der Waals surface area contributed by atoms with Gasteiger partial charge in [0.2, 0.25) is 0 Å². The van der Waals surface area contributed by atoms with Crippen LogP contribution in [0.4, 0.5) is 0 Å². The predicted molar refractivity (Wildman–Crippen MR) is 139 cm³/mol. The minimum absolute atomic E-state index is 0.00776. The smallest absolute Gasteiger partial charge is 0.186 e. The molecule has 2 N–H and O–H groups in total. The molecule has 0 amide bonds. The maximum Gasteiger partial charge on any atom is 0.186 e. The maximum absolute atomic E-state index is 14.8. The third-order valence-electron chi connectivity index (χ3n) is 8.71. The minimum atomic E-state index is -1.94. The van der Waals surface area contributed by atoms with Crippen molar-refractivity contribution in [3.63, 3.8) is 0 Å². The largest absolute Gasteiger partial charge is 0.487 e. The van der Waals surface area contributed by atoms with Crippen molar-refractivity contribution in [1.82, 2.24) is 0 Å². The molecule has 0 radical (unpaired) electrons. The monoisotopic (exact) mass is 500 g/mol. The van der Waals surface area contributed by atoms with Gasteiger partial charge in [0, 0.05) is 5.92 Å². The number of ketones is 3. The van der Waals surface area contributed by atoms with Crippen molar-refractivity contribution in [2.75, 3.05) is 0 Å². The summed E-state index contributed by atoms with van der Waals surface area (Å²) in [6, 6.07) is 0. The maximum atomic E-state index is 14.8. The van der Waals surface area contributed by atoms with Crippen molar-refractivity contribution >= 4 is 17.3 Å². The van der Waals surface area contributed by atoms with E-state index >= 15 is 0 Å². The Labute approximate surface area is 215 Å². The van der Waals surface area contributed by atoms with Gasteiger partial charge in [-0.1, -0.05) is 51.0 Å². The molecule has 5 atom stereocenters.